The highest BCUT2D eigenvalue weighted by atomic mass is 35.5. The van der Waals surface area contributed by atoms with Crippen molar-refractivity contribution in [1.82, 2.24) is 25.1 Å². The van der Waals surface area contributed by atoms with Gasteiger partial charge < -0.3 is 10.3 Å². The quantitative estimate of drug-likeness (QED) is 0.566. The summed E-state index contributed by atoms with van der Waals surface area (Å²) in [6, 6.07) is 5.08. The molecule has 0 spiro atoms. The van der Waals surface area contributed by atoms with Crippen LogP contribution >= 0.6 is 35.0 Å². The molecule has 2 N–H and O–H groups in total. The van der Waals surface area contributed by atoms with Gasteiger partial charge in [-0.2, -0.15) is 0 Å². The van der Waals surface area contributed by atoms with Gasteiger partial charge in [0, 0.05) is 17.5 Å². The van der Waals surface area contributed by atoms with Gasteiger partial charge >= 0.3 is 0 Å². The van der Waals surface area contributed by atoms with Crippen molar-refractivity contribution in [1.29, 1.82) is 0 Å². The van der Waals surface area contributed by atoms with Crippen LogP contribution < -0.4 is 5.84 Å². The Morgan fingerprint density at radius 2 is 2.05 bits per heavy atom. The zero-order valence-corrected chi connectivity index (χ0v) is 13.7. The van der Waals surface area contributed by atoms with Gasteiger partial charge in [-0.1, -0.05) is 35.0 Å². The SMILES string of the molecule is Cc1nnc(CSc2nnc(-c3ccc(Cl)cc3Cl)n2N)o1. The number of thioether (sulfide) groups is 1. The number of nitrogen functional groups attached to an aromatic ring is 1. The Kier molecular flexibility index (Phi) is 4.23. The third-order valence-corrected chi connectivity index (χ3v) is 4.20. The molecular formula is C12H10Cl2N6OS. The van der Waals surface area contributed by atoms with E-state index in [0.29, 0.717) is 44.1 Å². The third-order valence-electron chi connectivity index (χ3n) is 2.73. The van der Waals surface area contributed by atoms with E-state index in [9.17, 15) is 0 Å². The van der Waals surface area contributed by atoms with Crippen LogP contribution in [0.25, 0.3) is 11.4 Å². The highest BCUT2D eigenvalue weighted by Gasteiger charge is 2.16. The largest absolute Gasteiger partial charge is 0.425 e. The predicted molar refractivity (Wildman–Crippen MR) is 84.2 cm³/mol. The predicted octanol–water partition coefficient (Wildman–Crippen LogP) is 2.95. The summed E-state index contributed by atoms with van der Waals surface area (Å²) < 4.78 is 6.66. The summed E-state index contributed by atoms with van der Waals surface area (Å²) in [5, 5.41) is 17.3. The lowest BCUT2D eigenvalue weighted by atomic mass is 10.2. The molecule has 22 heavy (non-hydrogen) atoms. The summed E-state index contributed by atoms with van der Waals surface area (Å²) in [4.78, 5) is 0. The van der Waals surface area contributed by atoms with Gasteiger partial charge in [-0.3, -0.25) is 0 Å². The number of hydrogen-bond acceptors (Lipinski definition) is 7. The van der Waals surface area contributed by atoms with E-state index in [1.165, 1.54) is 16.4 Å². The maximum absolute atomic E-state index is 6.16. The molecule has 3 rings (SSSR count). The molecule has 0 fully saturated rings. The minimum Gasteiger partial charge on any atom is -0.425 e. The van der Waals surface area contributed by atoms with Crippen LogP contribution in [-0.2, 0) is 5.75 Å². The maximum Gasteiger partial charge on any atom is 0.226 e. The van der Waals surface area contributed by atoms with Gasteiger partial charge in [-0.25, -0.2) is 4.68 Å². The molecule has 0 saturated carbocycles. The number of hydrogen-bond donors (Lipinski definition) is 1. The Labute approximate surface area is 139 Å². The highest BCUT2D eigenvalue weighted by Crippen LogP contribution is 2.30. The first kappa shape index (κ1) is 15.1. The summed E-state index contributed by atoms with van der Waals surface area (Å²) in [6.45, 7) is 1.73. The molecule has 10 heteroatoms. The molecule has 0 amide bonds. The number of rotatable bonds is 4. The van der Waals surface area contributed by atoms with E-state index >= 15 is 0 Å². The van der Waals surface area contributed by atoms with E-state index in [1.807, 2.05) is 0 Å². The van der Waals surface area contributed by atoms with Crippen LogP contribution in [0.5, 0.6) is 0 Å². The zero-order chi connectivity index (χ0) is 15.7. The molecule has 2 heterocycles. The minimum atomic E-state index is 0.449. The Morgan fingerprint density at radius 1 is 1.23 bits per heavy atom. The van der Waals surface area contributed by atoms with Crippen molar-refractivity contribution < 1.29 is 4.42 Å². The van der Waals surface area contributed by atoms with Crippen molar-refractivity contribution in [2.75, 3.05) is 5.84 Å². The lowest BCUT2D eigenvalue weighted by molar-refractivity contribution is 0.485. The second kappa shape index (κ2) is 6.15. The Bertz CT molecular complexity index is 818. The molecule has 0 saturated heterocycles. The molecule has 0 bridgehead atoms. The first-order chi connectivity index (χ1) is 10.5. The van der Waals surface area contributed by atoms with Crippen LogP contribution in [0.1, 0.15) is 11.8 Å². The summed E-state index contributed by atoms with van der Waals surface area (Å²) in [6.07, 6.45) is 0. The summed E-state index contributed by atoms with van der Waals surface area (Å²) >= 11 is 13.4. The number of benzene rings is 1. The molecule has 3 aromatic rings. The molecule has 1 aromatic carbocycles. The molecule has 0 aliphatic rings. The highest BCUT2D eigenvalue weighted by molar-refractivity contribution is 7.98. The number of aryl methyl sites for hydroxylation is 1. The molecule has 114 valence electrons. The minimum absolute atomic E-state index is 0.449. The van der Waals surface area contributed by atoms with E-state index in [4.69, 9.17) is 33.5 Å². The van der Waals surface area contributed by atoms with Gasteiger partial charge in [-0.15, -0.1) is 20.4 Å². The van der Waals surface area contributed by atoms with Crippen molar-refractivity contribution >= 4 is 35.0 Å². The van der Waals surface area contributed by atoms with Crippen LogP contribution in [-0.4, -0.2) is 25.1 Å². The monoisotopic (exact) mass is 356 g/mol. The lowest BCUT2D eigenvalue weighted by Crippen LogP contribution is -2.11. The molecule has 0 unspecified atom stereocenters. The van der Waals surface area contributed by atoms with Crippen LogP contribution in [0.15, 0.2) is 27.8 Å². The molecule has 7 nitrogen and oxygen atoms in total. The zero-order valence-electron chi connectivity index (χ0n) is 11.3. The average Bonchev–Trinajstić information content (AvgIpc) is 3.04. The second-order valence-corrected chi connectivity index (χ2v) is 6.09. The second-order valence-electron chi connectivity index (χ2n) is 4.30. The Balaban J connectivity index is 1.82. The number of nitrogens with zero attached hydrogens (tertiary/aromatic N) is 5. The van der Waals surface area contributed by atoms with Gasteiger partial charge in [0.25, 0.3) is 0 Å². The fourth-order valence-corrected chi connectivity index (χ4v) is 2.94. The fourth-order valence-electron chi connectivity index (χ4n) is 1.75. The van der Waals surface area contributed by atoms with E-state index in [1.54, 1.807) is 25.1 Å². The van der Waals surface area contributed by atoms with E-state index in [-0.39, 0.29) is 0 Å². The topological polar surface area (TPSA) is 95.7 Å². The molecule has 2 aromatic heterocycles. The summed E-state index contributed by atoms with van der Waals surface area (Å²) in [5.41, 5.74) is 0.654. The van der Waals surface area contributed by atoms with Crippen molar-refractivity contribution in [2.45, 2.75) is 17.8 Å². The standard InChI is InChI=1S/C12H10Cl2N6OS/c1-6-16-17-10(21-6)5-22-12-19-18-11(20(12)15)8-3-2-7(13)4-9(8)14/h2-4H,5,15H2,1H3. The van der Waals surface area contributed by atoms with Crippen LogP contribution in [0.3, 0.4) is 0 Å². The Morgan fingerprint density at radius 3 is 2.73 bits per heavy atom. The number of nitrogens with two attached hydrogens (primary N) is 1. The van der Waals surface area contributed by atoms with E-state index < -0.39 is 0 Å². The van der Waals surface area contributed by atoms with Gasteiger partial charge in [0.15, 0.2) is 5.82 Å². The fraction of sp³-hybridized carbons (Fsp3) is 0.167. The van der Waals surface area contributed by atoms with Crippen molar-refractivity contribution in [3.8, 4) is 11.4 Å². The van der Waals surface area contributed by atoms with E-state index in [0.717, 1.165) is 0 Å². The van der Waals surface area contributed by atoms with Crippen LogP contribution in [0.4, 0.5) is 0 Å². The van der Waals surface area contributed by atoms with Crippen molar-refractivity contribution in [2.24, 2.45) is 0 Å². The maximum atomic E-state index is 6.16. The first-order valence-corrected chi connectivity index (χ1v) is 7.86. The normalized spacial score (nSPS) is 11.0. The molecule has 0 aliphatic heterocycles. The van der Waals surface area contributed by atoms with Crippen molar-refractivity contribution in [3.05, 3.63) is 40.0 Å². The molecular weight excluding hydrogens is 347 g/mol. The molecule has 0 atom stereocenters. The van der Waals surface area contributed by atoms with Gasteiger partial charge in [0.2, 0.25) is 16.9 Å². The number of halogens is 2. The lowest BCUT2D eigenvalue weighted by Gasteiger charge is -2.05. The average molecular weight is 357 g/mol. The molecule has 0 aliphatic carbocycles. The van der Waals surface area contributed by atoms with E-state index in [2.05, 4.69) is 20.4 Å². The van der Waals surface area contributed by atoms with Crippen molar-refractivity contribution in [3.63, 3.8) is 0 Å². The van der Waals surface area contributed by atoms with Gasteiger partial charge in [0.05, 0.1) is 10.8 Å². The van der Waals surface area contributed by atoms with Gasteiger partial charge in [-0.05, 0) is 18.2 Å². The van der Waals surface area contributed by atoms with Crippen LogP contribution in [0.2, 0.25) is 10.0 Å². The Hall–Kier alpha value is -1.77. The number of aromatic nitrogens is 5. The third kappa shape index (κ3) is 3.03. The smallest absolute Gasteiger partial charge is 0.226 e. The summed E-state index contributed by atoms with van der Waals surface area (Å²) in [5.74, 6) is 7.93. The summed E-state index contributed by atoms with van der Waals surface area (Å²) in [7, 11) is 0. The first-order valence-electron chi connectivity index (χ1n) is 6.12. The molecule has 0 radical (unpaired) electrons. The van der Waals surface area contributed by atoms with Crippen LogP contribution in [0, 0.1) is 6.92 Å². The van der Waals surface area contributed by atoms with Gasteiger partial charge in [0.1, 0.15) is 0 Å².